The summed E-state index contributed by atoms with van der Waals surface area (Å²) in [7, 11) is 0. The molecule has 10 heteroatoms. The molecule has 3 amide bonds. The van der Waals surface area contributed by atoms with Gasteiger partial charge in [-0.1, -0.05) is 13.8 Å². The van der Waals surface area contributed by atoms with Crippen molar-refractivity contribution in [2.75, 3.05) is 18.0 Å². The van der Waals surface area contributed by atoms with Crippen LogP contribution >= 0.6 is 0 Å². The molecule has 5 N–H and O–H groups in total. The Kier molecular flexibility index (Phi) is 8.51. The van der Waals surface area contributed by atoms with Gasteiger partial charge in [0.15, 0.2) is 0 Å². The van der Waals surface area contributed by atoms with Crippen LogP contribution in [0.15, 0.2) is 42.6 Å². The van der Waals surface area contributed by atoms with Gasteiger partial charge in [-0.15, -0.1) is 0 Å². The minimum Gasteiger partial charge on any atom is -0.508 e. The second-order valence-electron chi connectivity index (χ2n) is 12.1. The first kappa shape index (κ1) is 29.8. The molecule has 0 saturated carbocycles. The van der Waals surface area contributed by atoms with Crippen LogP contribution in [0.5, 0.6) is 11.5 Å². The summed E-state index contributed by atoms with van der Waals surface area (Å²) in [6.45, 7) is 11.6. The van der Waals surface area contributed by atoms with Gasteiger partial charge in [-0.25, -0.2) is 14.5 Å². The van der Waals surface area contributed by atoms with Crippen molar-refractivity contribution in [1.82, 2.24) is 9.47 Å². The fourth-order valence-electron chi connectivity index (χ4n) is 5.31. The van der Waals surface area contributed by atoms with Gasteiger partial charge in [0.25, 0.3) is 0 Å². The Morgan fingerprint density at radius 1 is 1.10 bits per heavy atom. The number of phenolic OH excluding ortho intramolecular Hbond substituents is 2. The monoisotopic (exact) mass is 563 g/mol. The Morgan fingerprint density at radius 3 is 2.39 bits per heavy atom. The van der Waals surface area contributed by atoms with E-state index in [0.29, 0.717) is 30.3 Å². The SMILES string of the molecule is CC(C)c1cc(C(=N)N(C(N)=O)c2ccc3c(ccn3CCC3CCN(C(=O)OC(C)(C)C)CC3)c2)c(O)cc1O. The van der Waals surface area contributed by atoms with Gasteiger partial charge in [-0.2, -0.15) is 0 Å². The third-order valence-electron chi connectivity index (χ3n) is 7.52. The fraction of sp³-hybridized carbons (Fsp3) is 0.452. The number of phenols is 2. The molecule has 41 heavy (non-hydrogen) atoms. The Hall–Kier alpha value is -4.21. The van der Waals surface area contributed by atoms with E-state index in [9.17, 15) is 19.8 Å². The highest BCUT2D eigenvalue weighted by Gasteiger charge is 2.27. The molecule has 2 aromatic carbocycles. The molecule has 3 aromatic rings. The molecule has 1 fully saturated rings. The molecule has 1 saturated heterocycles. The highest BCUT2D eigenvalue weighted by Crippen LogP contribution is 2.34. The molecule has 0 atom stereocenters. The minimum absolute atomic E-state index is 0.0576. The largest absolute Gasteiger partial charge is 0.508 e. The van der Waals surface area contributed by atoms with E-state index in [2.05, 4.69) is 4.57 Å². The van der Waals surface area contributed by atoms with Crippen molar-refractivity contribution >= 4 is 34.6 Å². The number of anilines is 1. The molecule has 4 rings (SSSR count). The average molecular weight is 564 g/mol. The van der Waals surface area contributed by atoms with E-state index in [-0.39, 0.29) is 34.9 Å². The molecular weight excluding hydrogens is 522 g/mol. The summed E-state index contributed by atoms with van der Waals surface area (Å²) < 4.78 is 7.67. The number of amides is 3. The zero-order chi connectivity index (χ0) is 30.1. The lowest BCUT2D eigenvalue weighted by Crippen LogP contribution is -2.41. The van der Waals surface area contributed by atoms with Crippen molar-refractivity contribution in [3.8, 4) is 11.5 Å². The standard InChI is InChI=1S/C31H41N5O5/c1-19(2)23-17-24(27(38)18-26(23)37)28(32)36(29(33)39)22-6-7-25-21(16-22)11-15-34(25)12-8-20-9-13-35(14-10-20)30(40)41-31(3,4)5/h6-7,11,15-20,32,37-38H,8-10,12-14H2,1-5H3,(H2,33,39). The molecule has 1 aliphatic heterocycles. The van der Waals surface area contributed by atoms with Crippen LogP contribution in [-0.2, 0) is 11.3 Å². The van der Waals surface area contributed by atoms with Gasteiger partial charge in [0.2, 0.25) is 0 Å². The number of primary amides is 1. The highest BCUT2D eigenvalue weighted by atomic mass is 16.6. The van der Waals surface area contributed by atoms with E-state index in [0.717, 1.165) is 41.6 Å². The maximum atomic E-state index is 12.5. The van der Waals surface area contributed by atoms with Crippen molar-refractivity contribution in [3.05, 3.63) is 53.7 Å². The lowest BCUT2D eigenvalue weighted by atomic mass is 9.94. The van der Waals surface area contributed by atoms with Gasteiger partial charge >= 0.3 is 12.1 Å². The summed E-state index contributed by atoms with van der Waals surface area (Å²) in [4.78, 5) is 27.7. The normalized spacial score (nSPS) is 14.4. The van der Waals surface area contributed by atoms with Crippen LogP contribution in [0.1, 0.15) is 70.9 Å². The number of benzene rings is 2. The lowest BCUT2D eigenvalue weighted by Gasteiger charge is -2.33. The number of nitrogens with two attached hydrogens (primary N) is 1. The first-order valence-electron chi connectivity index (χ1n) is 14.1. The zero-order valence-electron chi connectivity index (χ0n) is 24.5. The number of aromatic hydroxyl groups is 2. The quantitative estimate of drug-likeness (QED) is 0.211. The first-order chi connectivity index (χ1) is 19.2. The summed E-state index contributed by atoms with van der Waals surface area (Å²) in [6.07, 6.45) is 4.60. The number of piperidine rings is 1. The number of carbonyl (C=O) groups excluding carboxylic acids is 2. The summed E-state index contributed by atoms with van der Waals surface area (Å²) in [5.41, 5.74) is 7.25. The van der Waals surface area contributed by atoms with Crippen LogP contribution in [0.25, 0.3) is 10.9 Å². The predicted octanol–water partition coefficient (Wildman–Crippen LogP) is 6.12. The number of aryl methyl sites for hydroxylation is 1. The molecule has 10 nitrogen and oxygen atoms in total. The Balaban J connectivity index is 1.46. The van der Waals surface area contributed by atoms with E-state index >= 15 is 0 Å². The van der Waals surface area contributed by atoms with E-state index in [1.807, 2.05) is 52.9 Å². The van der Waals surface area contributed by atoms with E-state index in [4.69, 9.17) is 15.9 Å². The highest BCUT2D eigenvalue weighted by molar-refractivity contribution is 6.22. The lowest BCUT2D eigenvalue weighted by molar-refractivity contribution is 0.0180. The van der Waals surface area contributed by atoms with Gasteiger partial charge in [-0.3, -0.25) is 5.41 Å². The van der Waals surface area contributed by atoms with Crippen molar-refractivity contribution < 1.29 is 24.5 Å². The maximum absolute atomic E-state index is 12.5. The van der Waals surface area contributed by atoms with Crippen LogP contribution in [0.2, 0.25) is 0 Å². The first-order valence-corrected chi connectivity index (χ1v) is 14.1. The van der Waals surface area contributed by atoms with Gasteiger partial charge in [0.05, 0.1) is 11.3 Å². The fourth-order valence-corrected chi connectivity index (χ4v) is 5.31. The number of nitrogens with zero attached hydrogens (tertiary/aromatic N) is 3. The van der Waals surface area contributed by atoms with Crippen LogP contribution in [-0.4, -0.2) is 56.3 Å². The Morgan fingerprint density at radius 2 is 1.78 bits per heavy atom. The van der Waals surface area contributed by atoms with Crippen LogP contribution < -0.4 is 10.6 Å². The summed E-state index contributed by atoms with van der Waals surface area (Å²) in [6, 6.07) is 9.23. The Bertz CT molecular complexity index is 1450. The average Bonchev–Trinajstić information content (AvgIpc) is 3.28. The van der Waals surface area contributed by atoms with Crippen LogP contribution in [0, 0.1) is 11.3 Å². The summed E-state index contributed by atoms with van der Waals surface area (Å²) in [5, 5.41) is 30.3. The van der Waals surface area contributed by atoms with Crippen LogP contribution in [0.3, 0.4) is 0 Å². The third kappa shape index (κ3) is 6.75. The molecule has 1 aliphatic rings. The minimum atomic E-state index is -0.856. The van der Waals surface area contributed by atoms with Crippen LogP contribution in [0.4, 0.5) is 15.3 Å². The molecular formula is C31H41N5O5. The zero-order valence-corrected chi connectivity index (χ0v) is 24.5. The van der Waals surface area contributed by atoms with Gasteiger partial charge < -0.3 is 30.2 Å². The molecule has 0 bridgehead atoms. The number of ether oxygens (including phenoxy) is 1. The topological polar surface area (TPSA) is 145 Å². The van der Waals surface area contributed by atoms with E-state index < -0.39 is 11.6 Å². The smallest absolute Gasteiger partial charge is 0.410 e. The predicted molar refractivity (Wildman–Crippen MR) is 160 cm³/mol. The number of aromatic nitrogens is 1. The molecule has 0 spiro atoms. The second-order valence-corrected chi connectivity index (χ2v) is 12.1. The number of hydrogen-bond donors (Lipinski definition) is 4. The molecule has 0 radical (unpaired) electrons. The van der Waals surface area contributed by atoms with E-state index in [1.165, 1.54) is 12.1 Å². The summed E-state index contributed by atoms with van der Waals surface area (Å²) in [5.74, 6) is -0.223. The van der Waals surface area contributed by atoms with Crippen molar-refractivity contribution in [2.45, 2.75) is 71.9 Å². The molecule has 0 aliphatic carbocycles. The van der Waals surface area contributed by atoms with Gasteiger partial charge in [0.1, 0.15) is 22.9 Å². The molecule has 220 valence electrons. The number of fused-ring (bicyclic) bond motifs is 1. The number of likely N-dealkylation sites (tertiary alicyclic amines) is 1. The number of rotatable bonds is 6. The number of urea groups is 1. The second kappa shape index (κ2) is 11.7. The molecule has 0 unspecified atom stereocenters. The number of nitrogens with one attached hydrogen (secondary N) is 1. The number of carbonyl (C=O) groups is 2. The summed E-state index contributed by atoms with van der Waals surface area (Å²) >= 11 is 0. The van der Waals surface area contributed by atoms with E-state index in [1.54, 1.807) is 17.0 Å². The van der Waals surface area contributed by atoms with Crippen molar-refractivity contribution in [1.29, 1.82) is 5.41 Å². The van der Waals surface area contributed by atoms with Crippen molar-refractivity contribution in [2.24, 2.45) is 11.7 Å². The maximum Gasteiger partial charge on any atom is 0.410 e. The molecule has 2 heterocycles. The van der Waals surface area contributed by atoms with Gasteiger partial charge in [-0.05, 0) is 87.8 Å². The number of hydrogen-bond acceptors (Lipinski definition) is 6. The van der Waals surface area contributed by atoms with Gasteiger partial charge in [0, 0.05) is 42.8 Å². The number of amidine groups is 1. The molecule has 1 aromatic heterocycles. The Labute approximate surface area is 240 Å². The van der Waals surface area contributed by atoms with Crippen molar-refractivity contribution in [3.63, 3.8) is 0 Å². The third-order valence-corrected chi connectivity index (χ3v) is 7.52.